The lowest BCUT2D eigenvalue weighted by atomic mass is 10.1. The van der Waals surface area contributed by atoms with Crippen molar-refractivity contribution < 1.29 is 22.8 Å². The maximum atomic E-state index is 12.4. The van der Waals surface area contributed by atoms with Gasteiger partial charge in [-0.3, -0.25) is 9.59 Å². The number of hydrogen-bond donors (Lipinski definition) is 2. The Morgan fingerprint density at radius 1 is 0.750 bits per heavy atom. The number of aromatic nitrogens is 6. The second-order valence-electron chi connectivity index (χ2n) is 12.8. The quantitative estimate of drug-likeness (QED) is 0.313. The van der Waals surface area contributed by atoms with E-state index < -0.39 is 19.0 Å². The third-order valence-corrected chi connectivity index (χ3v) is 9.88. The number of aromatic amines is 2. The van der Waals surface area contributed by atoms with Crippen LogP contribution in [0, 0.1) is 11.3 Å². The highest BCUT2D eigenvalue weighted by Crippen LogP contribution is 2.36. The average Bonchev–Trinajstić information content (AvgIpc) is 3.86. The van der Waals surface area contributed by atoms with E-state index in [0.717, 1.165) is 72.5 Å². The van der Waals surface area contributed by atoms with Crippen LogP contribution in [0.3, 0.4) is 0 Å². The largest absolute Gasteiger partial charge is 0.389 e. The third kappa shape index (κ3) is 6.20. The van der Waals surface area contributed by atoms with Crippen LogP contribution in [0.15, 0.2) is 37.2 Å². The van der Waals surface area contributed by atoms with Crippen molar-refractivity contribution in [3.63, 3.8) is 0 Å². The van der Waals surface area contributed by atoms with Crippen molar-refractivity contribution in [3.8, 4) is 6.07 Å². The van der Waals surface area contributed by atoms with Gasteiger partial charge in [0.25, 0.3) is 0 Å². The Balaban J connectivity index is 0.000000152. The Kier molecular flexibility index (Phi) is 8.52. The van der Waals surface area contributed by atoms with Gasteiger partial charge in [-0.2, -0.15) is 18.4 Å². The summed E-state index contributed by atoms with van der Waals surface area (Å²) >= 11 is 0. The monoisotopic (exact) mass is 663 g/mol. The van der Waals surface area contributed by atoms with E-state index >= 15 is 0 Å². The van der Waals surface area contributed by atoms with Crippen LogP contribution in [0.4, 0.5) is 24.8 Å². The van der Waals surface area contributed by atoms with Crippen molar-refractivity contribution in [1.82, 2.24) is 39.7 Å². The number of nitrogens with zero attached hydrogens (tertiary/aromatic N) is 9. The number of alkyl halides is 3. The Morgan fingerprint density at radius 2 is 1.19 bits per heavy atom. The van der Waals surface area contributed by atoms with Crippen molar-refractivity contribution in [3.05, 3.63) is 37.2 Å². The normalized spacial score (nSPS) is 23.4. The van der Waals surface area contributed by atoms with Crippen LogP contribution in [0.2, 0.25) is 0 Å². The summed E-state index contributed by atoms with van der Waals surface area (Å²) in [7, 11) is 0. The minimum Gasteiger partial charge on any atom is -0.352 e. The van der Waals surface area contributed by atoms with Gasteiger partial charge in [0.05, 0.1) is 23.3 Å². The molecule has 252 valence electrons. The number of anilines is 2. The van der Waals surface area contributed by atoms with Crippen molar-refractivity contribution in [2.45, 2.75) is 81.7 Å². The van der Waals surface area contributed by atoms with E-state index in [-0.39, 0.29) is 36.0 Å². The molecular weight excluding hydrogens is 627 g/mol. The first kappa shape index (κ1) is 31.6. The number of carbonyl (C=O) groups is 2. The molecule has 13 nitrogen and oxygen atoms in total. The molecule has 4 aromatic heterocycles. The van der Waals surface area contributed by atoms with Gasteiger partial charge in [0.15, 0.2) is 0 Å². The highest BCUT2D eigenvalue weighted by Gasteiger charge is 2.44. The zero-order valence-electron chi connectivity index (χ0n) is 26.2. The molecule has 4 bridgehead atoms. The predicted molar refractivity (Wildman–Crippen MR) is 170 cm³/mol. The number of halogens is 3. The Morgan fingerprint density at radius 3 is 1.60 bits per heavy atom. The first-order chi connectivity index (χ1) is 23.2. The molecule has 2 N–H and O–H groups in total. The van der Waals surface area contributed by atoms with Crippen LogP contribution >= 0.6 is 0 Å². The number of nitrogens with one attached hydrogen (secondary N) is 2. The van der Waals surface area contributed by atoms with Gasteiger partial charge in [-0.25, -0.2) is 19.9 Å². The topological polar surface area (TPSA) is 154 Å². The Labute approximate surface area is 274 Å². The maximum absolute atomic E-state index is 12.4. The maximum Gasteiger partial charge on any atom is 0.389 e. The van der Waals surface area contributed by atoms with Crippen LogP contribution in [0.1, 0.15) is 51.4 Å². The fraction of sp³-hybridized carbons (Fsp3) is 0.531. The van der Waals surface area contributed by atoms with E-state index in [0.29, 0.717) is 25.9 Å². The fourth-order valence-corrected chi connectivity index (χ4v) is 7.86. The van der Waals surface area contributed by atoms with Gasteiger partial charge >= 0.3 is 6.18 Å². The molecule has 8 heterocycles. The molecule has 16 heteroatoms. The summed E-state index contributed by atoms with van der Waals surface area (Å²) in [6, 6.07) is 6.32. The van der Waals surface area contributed by atoms with Gasteiger partial charge < -0.3 is 29.6 Å². The zero-order valence-corrected chi connectivity index (χ0v) is 26.2. The van der Waals surface area contributed by atoms with Crippen molar-refractivity contribution in [2.75, 3.05) is 36.0 Å². The molecule has 2 amide bonds. The lowest BCUT2D eigenvalue weighted by molar-refractivity contribution is -0.151. The summed E-state index contributed by atoms with van der Waals surface area (Å²) in [6.07, 6.45) is 5.27. The smallest absolute Gasteiger partial charge is 0.352 e. The number of carbonyl (C=O) groups excluding carboxylic acids is 2. The van der Waals surface area contributed by atoms with E-state index in [2.05, 4.69) is 45.8 Å². The first-order valence-corrected chi connectivity index (χ1v) is 16.3. The van der Waals surface area contributed by atoms with Crippen LogP contribution < -0.4 is 9.80 Å². The van der Waals surface area contributed by atoms with Crippen LogP contribution in [0.5, 0.6) is 0 Å². The molecule has 0 radical (unpaired) electrons. The number of fused-ring (bicyclic) bond motifs is 6. The number of H-pyrrole nitrogens is 2. The Hall–Kier alpha value is -4.94. The average molecular weight is 664 g/mol. The van der Waals surface area contributed by atoms with Gasteiger partial charge in [-0.1, -0.05) is 0 Å². The zero-order chi connectivity index (χ0) is 33.4. The molecule has 4 unspecified atom stereocenters. The number of amides is 2. The molecule has 0 saturated carbocycles. The molecule has 4 atom stereocenters. The van der Waals surface area contributed by atoms with Crippen LogP contribution in [0.25, 0.3) is 22.1 Å². The summed E-state index contributed by atoms with van der Waals surface area (Å²) in [4.78, 5) is 56.2. The lowest BCUT2D eigenvalue weighted by Gasteiger charge is -2.41. The lowest BCUT2D eigenvalue weighted by Crippen LogP contribution is -2.56. The molecular formula is C32H36F3N11O2. The van der Waals surface area contributed by atoms with Gasteiger partial charge in [-0.15, -0.1) is 0 Å². The second kappa shape index (κ2) is 12.9. The van der Waals surface area contributed by atoms with Crippen molar-refractivity contribution >= 4 is 45.5 Å². The minimum atomic E-state index is -4.29. The van der Waals surface area contributed by atoms with Gasteiger partial charge in [0, 0.05) is 82.0 Å². The van der Waals surface area contributed by atoms with Crippen molar-refractivity contribution in [1.29, 1.82) is 5.26 Å². The molecule has 4 saturated heterocycles. The number of nitriles is 1. The number of rotatable bonds is 6. The van der Waals surface area contributed by atoms with Gasteiger partial charge in [-0.05, 0) is 37.8 Å². The molecule has 4 aliphatic rings. The summed E-state index contributed by atoms with van der Waals surface area (Å²) in [5, 5.41) is 10.6. The summed E-state index contributed by atoms with van der Waals surface area (Å²) < 4.78 is 37.2. The molecule has 4 aliphatic heterocycles. The SMILES string of the molecule is N#CCCC(=O)N1C2CCC1CN(c1ncnc3[nH]ccc13)C2.O=C(CCC(F)(F)F)N1C2CCC1CN(c1ncnc3[nH]ccc13)C2. The summed E-state index contributed by atoms with van der Waals surface area (Å²) in [5.41, 5.74) is 1.59. The molecule has 48 heavy (non-hydrogen) atoms. The van der Waals surface area contributed by atoms with Crippen LogP contribution in [-0.4, -0.2) is 108 Å². The Bertz CT molecular complexity index is 1810. The molecule has 0 aliphatic carbocycles. The van der Waals surface area contributed by atoms with E-state index in [1.54, 1.807) is 17.4 Å². The van der Waals surface area contributed by atoms with E-state index in [1.165, 1.54) is 6.33 Å². The van der Waals surface area contributed by atoms with Gasteiger partial charge in [0.2, 0.25) is 11.8 Å². The van der Waals surface area contributed by atoms with Crippen molar-refractivity contribution in [2.24, 2.45) is 0 Å². The summed E-state index contributed by atoms with van der Waals surface area (Å²) in [5.74, 6) is 1.48. The number of hydrogen-bond acceptors (Lipinski definition) is 9. The van der Waals surface area contributed by atoms with E-state index in [9.17, 15) is 22.8 Å². The molecule has 0 aromatic carbocycles. The molecule has 4 fully saturated rings. The minimum absolute atomic E-state index is 0.0524. The summed E-state index contributed by atoms with van der Waals surface area (Å²) in [6.45, 7) is 2.77. The standard InChI is InChI=1S/C16H18F3N5O.C16H18N6O/c17-16(18,19)5-3-13(25)24-10-1-2-11(24)8-23(7-10)15-12-4-6-20-14(12)21-9-22-15;17-6-1-2-14(23)22-11-3-4-12(22)9-21(8-11)16-13-5-7-18-15(13)19-10-20-16/h4,6,9-11H,1-3,5,7-8H2,(H,20,21,22);5,7,10-12H,1-4,8-9H2,(H,18,19,20). The fourth-order valence-electron chi connectivity index (χ4n) is 7.86. The second-order valence-corrected chi connectivity index (χ2v) is 12.8. The van der Waals surface area contributed by atoms with Gasteiger partial charge in [0.1, 0.15) is 35.6 Å². The molecule has 4 aromatic rings. The first-order valence-electron chi connectivity index (χ1n) is 16.3. The molecule has 8 rings (SSSR count). The van der Waals surface area contributed by atoms with Crippen LogP contribution in [-0.2, 0) is 9.59 Å². The van der Waals surface area contributed by atoms with E-state index in [1.807, 2.05) is 23.2 Å². The number of piperazine rings is 2. The van der Waals surface area contributed by atoms with E-state index in [4.69, 9.17) is 5.26 Å². The highest BCUT2D eigenvalue weighted by molar-refractivity contribution is 5.88. The highest BCUT2D eigenvalue weighted by atomic mass is 19.4. The predicted octanol–water partition coefficient (Wildman–Crippen LogP) is 3.92. The molecule has 0 spiro atoms. The third-order valence-electron chi connectivity index (χ3n) is 9.88.